The van der Waals surface area contributed by atoms with Crippen molar-refractivity contribution in [3.63, 3.8) is 0 Å². The van der Waals surface area contributed by atoms with Gasteiger partial charge in [-0.2, -0.15) is 0 Å². The van der Waals surface area contributed by atoms with E-state index in [-0.39, 0.29) is 24.8 Å². The number of hydrogen-bond donors (Lipinski definition) is 1. The number of rotatable bonds is 5. The van der Waals surface area contributed by atoms with Gasteiger partial charge in [-0.3, -0.25) is 14.5 Å². The van der Waals surface area contributed by atoms with Crippen LogP contribution in [0.1, 0.15) is 17.0 Å². The van der Waals surface area contributed by atoms with Gasteiger partial charge in [-0.05, 0) is 24.6 Å². The number of nitrogens with zero attached hydrogens (tertiary/aromatic N) is 3. The number of carbonyl (C=O) groups excluding carboxylic acids is 2. The zero-order valence-corrected chi connectivity index (χ0v) is 16.8. The molecule has 0 spiro atoms. The van der Waals surface area contributed by atoms with Crippen LogP contribution in [0.2, 0.25) is 5.02 Å². The molecule has 2 amide bonds. The third kappa shape index (κ3) is 4.47. The monoisotopic (exact) mass is 424 g/mol. The molecule has 10 heteroatoms. The Labute approximate surface area is 168 Å². The highest BCUT2D eigenvalue weighted by molar-refractivity contribution is 8.26. The molecule has 1 aromatic carbocycles. The van der Waals surface area contributed by atoms with E-state index < -0.39 is 0 Å². The molecule has 1 N–H and O–H groups in total. The lowest BCUT2D eigenvalue weighted by molar-refractivity contribution is -0.122. The highest BCUT2D eigenvalue weighted by atomic mass is 35.5. The van der Waals surface area contributed by atoms with Crippen molar-refractivity contribution in [2.75, 3.05) is 11.9 Å². The van der Waals surface area contributed by atoms with Crippen LogP contribution in [0.15, 0.2) is 29.2 Å². The number of nitrogens with one attached hydrogen (secondary N) is 1. The first-order valence-corrected chi connectivity index (χ1v) is 9.96. The van der Waals surface area contributed by atoms with E-state index >= 15 is 0 Å². The van der Waals surface area contributed by atoms with Gasteiger partial charge in [0.05, 0.1) is 4.91 Å². The molecular formula is C16H13ClN4O2S3. The molecule has 134 valence electrons. The smallest absolute Gasteiger partial charge is 0.266 e. The summed E-state index contributed by atoms with van der Waals surface area (Å²) < 4.78 is 0.424. The molecule has 0 atom stereocenters. The number of aryl methyl sites for hydroxylation is 1. The molecule has 26 heavy (non-hydrogen) atoms. The quantitative estimate of drug-likeness (QED) is 0.582. The van der Waals surface area contributed by atoms with E-state index in [1.54, 1.807) is 19.1 Å². The molecule has 0 saturated carbocycles. The molecule has 2 aromatic rings. The van der Waals surface area contributed by atoms with E-state index in [1.807, 2.05) is 18.2 Å². The highest BCUT2D eigenvalue weighted by Crippen LogP contribution is 2.33. The second kappa shape index (κ2) is 8.26. The van der Waals surface area contributed by atoms with Gasteiger partial charge in [-0.15, -0.1) is 10.2 Å². The number of halogens is 1. The van der Waals surface area contributed by atoms with Crippen molar-refractivity contribution in [2.45, 2.75) is 13.3 Å². The lowest BCUT2D eigenvalue weighted by Crippen LogP contribution is -2.31. The summed E-state index contributed by atoms with van der Waals surface area (Å²) in [5.74, 6) is -0.468. The maximum atomic E-state index is 12.6. The minimum Gasteiger partial charge on any atom is -0.300 e. The van der Waals surface area contributed by atoms with Crippen LogP contribution in [-0.2, 0) is 9.59 Å². The zero-order chi connectivity index (χ0) is 18.7. The van der Waals surface area contributed by atoms with Gasteiger partial charge in [0.25, 0.3) is 5.91 Å². The first kappa shape index (κ1) is 19.0. The van der Waals surface area contributed by atoms with Crippen molar-refractivity contribution < 1.29 is 9.59 Å². The fourth-order valence-electron chi connectivity index (χ4n) is 2.17. The maximum Gasteiger partial charge on any atom is 0.266 e. The molecule has 2 heterocycles. The van der Waals surface area contributed by atoms with Crippen LogP contribution in [-0.4, -0.2) is 37.8 Å². The number of hydrogen-bond acceptors (Lipinski definition) is 7. The fourth-order valence-corrected chi connectivity index (χ4v) is 4.27. The van der Waals surface area contributed by atoms with Gasteiger partial charge >= 0.3 is 0 Å². The first-order valence-electron chi connectivity index (χ1n) is 7.54. The van der Waals surface area contributed by atoms with Gasteiger partial charge in [0.1, 0.15) is 9.33 Å². The number of thioether (sulfide) groups is 1. The summed E-state index contributed by atoms with van der Waals surface area (Å²) in [6, 6.07) is 7.25. The van der Waals surface area contributed by atoms with Gasteiger partial charge < -0.3 is 5.32 Å². The minimum absolute atomic E-state index is 0.116. The lowest BCUT2D eigenvalue weighted by Gasteiger charge is -2.13. The van der Waals surface area contributed by atoms with E-state index in [0.717, 1.165) is 10.6 Å². The zero-order valence-electron chi connectivity index (χ0n) is 13.6. The Morgan fingerprint density at radius 2 is 2.15 bits per heavy atom. The number of carbonyl (C=O) groups is 2. The van der Waals surface area contributed by atoms with Gasteiger partial charge in [-0.1, -0.05) is 65.1 Å². The fraction of sp³-hybridized carbons (Fsp3) is 0.188. The van der Waals surface area contributed by atoms with Crippen LogP contribution in [0, 0.1) is 6.92 Å². The summed E-state index contributed by atoms with van der Waals surface area (Å²) in [4.78, 5) is 26.5. The molecule has 0 bridgehead atoms. The normalized spacial score (nSPS) is 15.8. The van der Waals surface area contributed by atoms with E-state index in [0.29, 0.717) is 19.4 Å². The number of benzene rings is 1. The number of aromatic nitrogens is 2. The van der Waals surface area contributed by atoms with Gasteiger partial charge in [0.15, 0.2) is 0 Å². The van der Waals surface area contributed by atoms with Crippen LogP contribution in [0.25, 0.3) is 6.08 Å². The van der Waals surface area contributed by atoms with E-state index in [1.165, 1.54) is 28.0 Å². The Hall–Kier alpha value is -1.81. The van der Waals surface area contributed by atoms with Crippen LogP contribution in [0.3, 0.4) is 0 Å². The second-order valence-electron chi connectivity index (χ2n) is 5.28. The van der Waals surface area contributed by atoms with Crippen molar-refractivity contribution in [1.82, 2.24) is 15.1 Å². The van der Waals surface area contributed by atoms with E-state index in [4.69, 9.17) is 23.8 Å². The number of amides is 2. The summed E-state index contributed by atoms with van der Waals surface area (Å²) in [6.07, 6.45) is 1.83. The summed E-state index contributed by atoms with van der Waals surface area (Å²) in [5, 5.41) is 12.1. The van der Waals surface area contributed by atoms with Crippen molar-refractivity contribution in [3.05, 3.63) is 44.8 Å². The van der Waals surface area contributed by atoms with Crippen molar-refractivity contribution >= 4 is 74.3 Å². The molecule has 3 rings (SSSR count). The minimum atomic E-state index is -0.245. The standard InChI is InChI=1S/C16H13ClN4O2S3/c1-9-19-20-15(25-9)18-13(22)6-7-21-14(23)12(26-16(21)24)8-10-4-2-3-5-11(10)17/h2-5,8H,6-7H2,1H3,(H,18,20,22)/b12-8-. The van der Waals surface area contributed by atoms with Crippen LogP contribution in [0.5, 0.6) is 0 Å². The van der Waals surface area contributed by atoms with Crippen molar-refractivity contribution in [1.29, 1.82) is 0 Å². The predicted molar refractivity (Wildman–Crippen MR) is 109 cm³/mol. The summed E-state index contributed by atoms with van der Waals surface area (Å²) >= 11 is 13.9. The molecule has 1 aromatic heterocycles. The predicted octanol–water partition coefficient (Wildman–Crippen LogP) is 3.73. The van der Waals surface area contributed by atoms with E-state index in [2.05, 4.69) is 15.5 Å². The van der Waals surface area contributed by atoms with Crippen LogP contribution < -0.4 is 5.32 Å². The molecular weight excluding hydrogens is 412 g/mol. The maximum absolute atomic E-state index is 12.6. The molecule has 1 aliphatic heterocycles. The molecule has 0 unspecified atom stereocenters. The number of anilines is 1. The largest absolute Gasteiger partial charge is 0.300 e. The Bertz CT molecular complexity index is 912. The van der Waals surface area contributed by atoms with Crippen LogP contribution >= 0.6 is 46.9 Å². The molecule has 1 fully saturated rings. The second-order valence-corrected chi connectivity index (χ2v) is 8.54. The summed E-state index contributed by atoms with van der Waals surface area (Å²) in [5.41, 5.74) is 0.749. The third-order valence-corrected chi connectivity index (χ3v) is 5.88. The molecule has 6 nitrogen and oxygen atoms in total. The SMILES string of the molecule is Cc1nnc(NC(=O)CCN2C(=O)/C(=C/c3ccccc3Cl)SC2=S)s1. The van der Waals surface area contributed by atoms with E-state index in [9.17, 15) is 9.59 Å². The van der Waals surface area contributed by atoms with Crippen molar-refractivity contribution in [2.24, 2.45) is 0 Å². The molecule has 1 aliphatic rings. The summed E-state index contributed by atoms with van der Waals surface area (Å²) in [7, 11) is 0. The van der Waals surface area contributed by atoms with Crippen molar-refractivity contribution in [3.8, 4) is 0 Å². The Kier molecular flexibility index (Phi) is 6.02. The third-order valence-electron chi connectivity index (χ3n) is 3.40. The molecule has 1 saturated heterocycles. The Morgan fingerprint density at radius 1 is 1.38 bits per heavy atom. The first-order chi connectivity index (χ1) is 12.4. The Morgan fingerprint density at radius 3 is 2.85 bits per heavy atom. The van der Waals surface area contributed by atoms with Crippen LogP contribution in [0.4, 0.5) is 5.13 Å². The highest BCUT2D eigenvalue weighted by Gasteiger charge is 2.32. The summed E-state index contributed by atoms with van der Waals surface area (Å²) in [6.45, 7) is 2.01. The topological polar surface area (TPSA) is 75.2 Å². The lowest BCUT2D eigenvalue weighted by atomic mass is 10.2. The van der Waals surface area contributed by atoms with Gasteiger partial charge in [-0.25, -0.2) is 0 Å². The van der Waals surface area contributed by atoms with Gasteiger partial charge in [0, 0.05) is 18.0 Å². The molecule has 0 radical (unpaired) electrons. The van der Waals surface area contributed by atoms with Gasteiger partial charge in [0.2, 0.25) is 11.0 Å². The average molecular weight is 425 g/mol. The Balaban J connectivity index is 1.62. The average Bonchev–Trinajstić information content (AvgIpc) is 3.11. The number of thiocarbonyl (C=S) groups is 1. The molecule has 0 aliphatic carbocycles.